The zero-order valence-electron chi connectivity index (χ0n) is 21.8. The molecule has 39 heavy (non-hydrogen) atoms. The predicted molar refractivity (Wildman–Crippen MR) is 141 cm³/mol. The van der Waals surface area contributed by atoms with Gasteiger partial charge in [-0.15, -0.1) is 0 Å². The van der Waals surface area contributed by atoms with E-state index in [2.05, 4.69) is 10.0 Å². The number of hydrogen-bond acceptors (Lipinski definition) is 5. The Labute approximate surface area is 230 Å². The SMILES string of the molecule is CC(C)(C)OC(=O)N1CCC(CNC(=O)CNS(=O)(=O)c2ccccc2-c2cc(C(F)(F)F)ccc2Cl)CC1. The fraction of sp³-hybridized carbons (Fsp3) is 0.462. The van der Waals surface area contributed by atoms with E-state index in [-0.39, 0.29) is 33.1 Å². The van der Waals surface area contributed by atoms with Gasteiger partial charge in [0.25, 0.3) is 0 Å². The molecular weight excluding hydrogens is 559 g/mol. The molecule has 0 aromatic heterocycles. The number of nitrogens with one attached hydrogen (secondary N) is 2. The van der Waals surface area contributed by atoms with E-state index in [1.54, 1.807) is 25.7 Å². The van der Waals surface area contributed by atoms with E-state index in [1.807, 2.05) is 0 Å². The molecule has 1 saturated heterocycles. The van der Waals surface area contributed by atoms with Gasteiger partial charge in [0, 0.05) is 35.8 Å². The van der Waals surface area contributed by atoms with Gasteiger partial charge in [-0.25, -0.2) is 17.9 Å². The summed E-state index contributed by atoms with van der Waals surface area (Å²) < 4.78 is 73.3. The van der Waals surface area contributed by atoms with Gasteiger partial charge in [-0.3, -0.25) is 4.79 Å². The van der Waals surface area contributed by atoms with Crippen LogP contribution in [0.15, 0.2) is 47.4 Å². The summed E-state index contributed by atoms with van der Waals surface area (Å²) >= 11 is 6.12. The monoisotopic (exact) mass is 589 g/mol. The summed E-state index contributed by atoms with van der Waals surface area (Å²) in [4.78, 5) is 25.9. The first-order chi connectivity index (χ1) is 18.1. The molecule has 13 heteroatoms. The Kier molecular flexibility index (Phi) is 9.56. The summed E-state index contributed by atoms with van der Waals surface area (Å²) in [6.45, 7) is 6.08. The van der Waals surface area contributed by atoms with Crippen molar-refractivity contribution in [2.24, 2.45) is 5.92 Å². The number of piperidine rings is 1. The summed E-state index contributed by atoms with van der Waals surface area (Å²) in [6, 6.07) is 8.13. The van der Waals surface area contributed by atoms with Crippen LogP contribution in [0.2, 0.25) is 5.02 Å². The van der Waals surface area contributed by atoms with Crippen LogP contribution in [0.25, 0.3) is 11.1 Å². The Morgan fingerprint density at radius 3 is 2.31 bits per heavy atom. The number of carbonyl (C=O) groups excluding carboxylic acids is 2. The van der Waals surface area contributed by atoms with Crippen molar-refractivity contribution in [1.82, 2.24) is 14.9 Å². The molecule has 1 aliphatic heterocycles. The van der Waals surface area contributed by atoms with Crippen molar-refractivity contribution >= 4 is 33.6 Å². The molecule has 1 heterocycles. The first-order valence-corrected chi connectivity index (χ1v) is 14.1. The van der Waals surface area contributed by atoms with Gasteiger partial charge < -0.3 is 15.0 Å². The minimum atomic E-state index is -4.64. The van der Waals surface area contributed by atoms with Gasteiger partial charge in [0.2, 0.25) is 15.9 Å². The molecule has 1 aliphatic rings. The third kappa shape index (κ3) is 8.58. The fourth-order valence-corrected chi connectivity index (χ4v) is 5.46. The molecule has 0 aliphatic carbocycles. The Hall–Kier alpha value is -2.83. The summed E-state index contributed by atoms with van der Waals surface area (Å²) in [6.07, 6.45) is -3.73. The number of benzene rings is 2. The van der Waals surface area contributed by atoms with Crippen LogP contribution in [-0.2, 0) is 25.7 Å². The van der Waals surface area contributed by atoms with Crippen molar-refractivity contribution < 1.29 is 35.9 Å². The van der Waals surface area contributed by atoms with Crippen LogP contribution in [0, 0.1) is 5.92 Å². The van der Waals surface area contributed by atoms with Crippen LogP contribution < -0.4 is 10.0 Å². The minimum Gasteiger partial charge on any atom is -0.444 e. The van der Waals surface area contributed by atoms with E-state index in [1.165, 1.54) is 24.3 Å². The molecule has 3 rings (SSSR count). The summed E-state index contributed by atoms with van der Waals surface area (Å²) in [5.41, 5.74) is -1.69. The van der Waals surface area contributed by atoms with Crippen LogP contribution in [0.1, 0.15) is 39.2 Å². The second-order valence-electron chi connectivity index (χ2n) is 10.2. The maximum Gasteiger partial charge on any atom is 0.416 e. The second-order valence-corrected chi connectivity index (χ2v) is 12.4. The summed E-state index contributed by atoms with van der Waals surface area (Å²) in [5.74, 6) is -0.462. The predicted octanol–water partition coefficient (Wildman–Crippen LogP) is 5.07. The number of hydrogen-bond donors (Lipinski definition) is 2. The molecule has 8 nitrogen and oxygen atoms in total. The molecule has 0 bridgehead atoms. The smallest absolute Gasteiger partial charge is 0.416 e. The molecule has 0 spiro atoms. The zero-order chi connectivity index (χ0) is 29.0. The molecule has 0 saturated carbocycles. The van der Waals surface area contributed by atoms with Gasteiger partial charge in [-0.2, -0.15) is 13.2 Å². The van der Waals surface area contributed by atoms with Crippen LogP contribution >= 0.6 is 11.6 Å². The van der Waals surface area contributed by atoms with Gasteiger partial charge >= 0.3 is 12.3 Å². The van der Waals surface area contributed by atoms with Crippen LogP contribution in [0.3, 0.4) is 0 Å². The largest absolute Gasteiger partial charge is 0.444 e. The average molecular weight is 590 g/mol. The molecule has 2 aromatic carbocycles. The molecule has 0 atom stereocenters. The van der Waals surface area contributed by atoms with Gasteiger partial charge in [-0.05, 0) is 63.8 Å². The highest BCUT2D eigenvalue weighted by Gasteiger charge is 2.32. The lowest BCUT2D eigenvalue weighted by Gasteiger charge is -2.33. The van der Waals surface area contributed by atoms with Gasteiger partial charge in [0.05, 0.1) is 17.0 Å². The number of carbonyl (C=O) groups is 2. The zero-order valence-corrected chi connectivity index (χ0v) is 23.3. The van der Waals surface area contributed by atoms with Crippen molar-refractivity contribution in [1.29, 1.82) is 0 Å². The van der Waals surface area contributed by atoms with Crippen LogP contribution in [-0.4, -0.2) is 57.1 Å². The van der Waals surface area contributed by atoms with Crippen molar-refractivity contribution in [2.45, 2.75) is 50.3 Å². The lowest BCUT2D eigenvalue weighted by Crippen LogP contribution is -2.44. The van der Waals surface area contributed by atoms with E-state index in [0.29, 0.717) is 32.5 Å². The van der Waals surface area contributed by atoms with Crippen molar-refractivity contribution in [2.75, 3.05) is 26.2 Å². The number of rotatable bonds is 7. The number of halogens is 4. The third-order valence-corrected chi connectivity index (χ3v) is 7.83. The van der Waals surface area contributed by atoms with Gasteiger partial charge in [-0.1, -0.05) is 29.8 Å². The lowest BCUT2D eigenvalue weighted by molar-refractivity contribution is -0.137. The summed E-state index contributed by atoms with van der Waals surface area (Å²) in [5, 5.41) is 2.64. The van der Waals surface area contributed by atoms with E-state index < -0.39 is 39.8 Å². The number of sulfonamides is 1. The first kappa shape index (κ1) is 30.7. The maximum atomic E-state index is 13.2. The molecule has 2 N–H and O–H groups in total. The quantitative estimate of drug-likeness (QED) is 0.469. The molecule has 214 valence electrons. The summed E-state index contributed by atoms with van der Waals surface area (Å²) in [7, 11) is -4.28. The van der Waals surface area contributed by atoms with E-state index >= 15 is 0 Å². The molecule has 2 amide bonds. The topological polar surface area (TPSA) is 105 Å². The van der Waals surface area contributed by atoms with E-state index in [4.69, 9.17) is 16.3 Å². The normalized spacial score (nSPS) is 15.2. The van der Waals surface area contributed by atoms with Gasteiger partial charge in [0.15, 0.2) is 0 Å². The van der Waals surface area contributed by atoms with Crippen molar-refractivity contribution in [3.63, 3.8) is 0 Å². The molecule has 2 aromatic rings. The van der Waals surface area contributed by atoms with E-state index in [0.717, 1.165) is 18.2 Å². The Morgan fingerprint density at radius 2 is 1.69 bits per heavy atom. The van der Waals surface area contributed by atoms with Crippen molar-refractivity contribution in [3.8, 4) is 11.1 Å². The number of ether oxygens (including phenoxy) is 1. The molecule has 0 radical (unpaired) electrons. The average Bonchev–Trinajstić information content (AvgIpc) is 2.85. The number of nitrogens with zero attached hydrogens (tertiary/aromatic N) is 1. The highest BCUT2D eigenvalue weighted by atomic mass is 35.5. The Bertz CT molecular complexity index is 1300. The first-order valence-electron chi connectivity index (χ1n) is 12.3. The van der Waals surface area contributed by atoms with E-state index in [9.17, 15) is 31.2 Å². The molecular formula is C26H31ClF3N3O5S. The number of likely N-dealkylation sites (tertiary alicyclic amines) is 1. The highest BCUT2D eigenvalue weighted by molar-refractivity contribution is 7.89. The number of amides is 2. The molecule has 0 unspecified atom stereocenters. The second kappa shape index (κ2) is 12.1. The standard InChI is InChI=1S/C26H31ClF3N3O5S/c1-25(2,3)38-24(35)33-12-10-17(11-13-33)15-31-23(34)16-32-39(36,37)22-7-5-4-6-19(22)20-14-18(26(28,29)30)8-9-21(20)27/h4-9,14,17,32H,10-13,15-16H2,1-3H3,(H,31,34). The number of alkyl halides is 3. The third-order valence-electron chi connectivity index (χ3n) is 6.04. The highest BCUT2D eigenvalue weighted by Crippen LogP contribution is 2.38. The van der Waals surface area contributed by atoms with Crippen molar-refractivity contribution in [3.05, 3.63) is 53.1 Å². The van der Waals surface area contributed by atoms with Crippen LogP contribution in [0.4, 0.5) is 18.0 Å². The maximum absolute atomic E-state index is 13.2. The van der Waals surface area contributed by atoms with Gasteiger partial charge in [0.1, 0.15) is 5.60 Å². The van der Waals surface area contributed by atoms with Crippen LogP contribution in [0.5, 0.6) is 0 Å². The Balaban J connectivity index is 1.59. The Morgan fingerprint density at radius 1 is 1.05 bits per heavy atom. The minimum absolute atomic E-state index is 0.0294. The lowest BCUT2D eigenvalue weighted by atomic mass is 9.97. The molecule has 1 fully saturated rings. The fourth-order valence-electron chi connectivity index (χ4n) is 4.04.